The van der Waals surface area contributed by atoms with Gasteiger partial charge < -0.3 is 4.74 Å². The van der Waals surface area contributed by atoms with Crippen LogP contribution in [-0.4, -0.2) is 18.9 Å². The van der Waals surface area contributed by atoms with E-state index in [0.29, 0.717) is 5.56 Å². The summed E-state index contributed by atoms with van der Waals surface area (Å²) in [6.07, 6.45) is 4.37. The first-order valence-electron chi connectivity index (χ1n) is 5.92. The zero-order valence-corrected chi connectivity index (χ0v) is 9.99. The largest absolute Gasteiger partial charge is 0.469 e. The number of hydrogen-bond acceptors (Lipinski definition) is 3. The molecule has 0 N–H and O–H groups in total. The van der Waals surface area contributed by atoms with Gasteiger partial charge in [0.15, 0.2) is 5.78 Å². The molecule has 0 unspecified atom stereocenters. The van der Waals surface area contributed by atoms with E-state index in [1.165, 1.54) is 31.1 Å². The van der Waals surface area contributed by atoms with Crippen LogP contribution < -0.4 is 0 Å². The smallest absolute Gasteiger partial charge is 0.313 e. The van der Waals surface area contributed by atoms with Crippen LogP contribution >= 0.6 is 0 Å². The van der Waals surface area contributed by atoms with Crippen LogP contribution in [0.3, 0.4) is 0 Å². The lowest BCUT2D eigenvalue weighted by molar-refractivity contribution is -0.139. The fourth-order valence-electron chi connectivity index (χ4n) is 2.21. The lowest BCUT2D eigenvalue weighted by Gasteiger charge is -2.16. The summed E-state index contributed by atoms with van der Waals surface area (Å²) in [5.74, 6) is -0.641. The van der Waals surface area contributed by atoms with Crippen LogP contribution in [0.5, 0.6) is 0 Å². The quantitative estimate of drug-likeness (QED) is 0.456. The Morgan fingerprint density at radius 2 is 1.88 bits per heavy atom. The minimum absolute atomic E-state index is 0.162. The summed E-state index contributed by atoms with van der Waals surface area (Å²) in [6.45, 7) is 0. The van der Waals surface area contributed by atoms with E-state index in [0.717, 1.165) is 12.8 Å². The number of benzene rings is 1. The van der Waals surface area contributed by atoms with Crippen LogP contribution in [-0.2, 0) is 22.4 Å². The highest BCUT2D eigenvalue weighted by Crippen LogP contribution is 2.22. The Morgan fingerprint density at radius 3 is 2.59 bits per heavy atom. The van der Waals surface area contributed by atoms with Crippen molar-refractivity contribution in [3.05, 3.63) is 34.9 Å². The van der Waals surface area contributed by atoms with Gasteiger partial charge in [0.2, 0.25) is 0 Å². The molecule has 2 rings (SSSR count). The number of ketones is 1. The molecule has 0 amide bonds. The van der Waals surface area contributed by atoms with Crippen molar-refractivity contribution in [3.63, 3.8) is 0 Å². The molecule has 1 aliphatic carbocycles. The van der Waals surface area contributed by atoms with Crippen molar-refractivity contribution < 1.29 is 14.3 Å². The topological polar surface area (TPSA) is 43.4 Å². The molecule has 1 aliphatic rings. The average Bonchev–Trinajstić information content (AvgIpc) is 2.38. The van der Waals surface area contributed by atoms with Gasteiger partial charge in [-0.3, -0.25) is 9.59 Å². The molecule has 0 atom stereocenters. The number of methoxy groups -OCH3 is 1. The van der Waals surface area contributed by atoms with Crippen LogP contribution in [0, 0.1) is 0 Å². The van der Waals surface area contributed by atoms with E-state index in [1.54, 1.807) is 0 Å². The molecule has 0 bridgehead atoms. The Hall–Kier alpha value is -1.64. The third-order valence-electron chi connectivity index (χ3n) is 3.20. The molecule has 1 aromatic rings. The van der Waals surface area contributed by atoms with Crippen molar-refractivity contribution in [2.45, 2.75) is 32.1 Å². The summed E-state index contributed by atoms with van der Waals surface area (Å²) in [7, 11) is 1.29. The van der Waals surface area contributed by atoms with Gasteiger partial charge >= 0.3 is 5.97 Å². The number of esters is 1. The second-order valence-corrected chi connectivity index (χ2v) is 4.37. The molecule has 3 heteroatoms. The van der Waals surface area contributed by atoms with Gasteiger partial charge in [-0.15, -0.1) is 0 Å². The van der Waals surface area contributed by atoms with E-state index < -0.39 is 5.97 Å². The Balaban J connectivity index is 2.16. The van der Waals surface area contributed by atoms with Crippen molar-refractivity contribution in [2.24, 2.45) is 0 Å². The summed E-state index contributed by atoms with van der Waals surface area (Å²) >= 11 is 0. The Bertz CT molecular complexity index is 449. The van der Waals surface area contributed by atoms with Crippen LogP contribution in [0.4, 0.5) is 0 Å². The second-order valence-electron chi connectivity index (χ2n) is 4.37. The number of hydrogen-bond donors (Lipinski definition) is 0. The monoisotopic (exact) mass is 232 g/mol. The normalized spacial score (nSPS) is 13.9. The molecule has 0 heterocycles. The van der Waals surface area contributed by atoms with E-state index in [9.17, 15) is 9.59 Å². The first-order valence-corrected chi connectivity index (χ1v) is 5.92. The molecule has 0 fully saturated rings. The van der Waals surface area contributed by atoms with Crippen molar-refractivity contribution in [3.8, 4) is 0 Å². The van der Waals surface area contributed by atoms with E-state index >= 15 is 0 Å². The van der Waals surface area contributed by atoms with Gasteiger partial charge in [0, 0.05) is 5.56 Å². The Morgan fingerprint density at radius 1 is 1.18 bits per heavy atom. The van der Waals surface area contributed by atoms with E-state index in [2.05, 4.69) is 4.74 Å². The first-order chi connectivity index (χ1) is 8.20. The second kappa shape index (κ2) is 5.13. The summed E-state index contributed by atoms with van der Waals surface area (Å²) in [6, 6.07) is 5.76. The lowest BCUT2D eigenvalue weighted by Crippen LogP contribution is -2.11. The van der Waals surface area contributed by atoms with E-state index in [1.807, 2.05) is 18.2 Å². The summed E-state index contributed by atoms with van der Waals surface area (Å²) < 4.78 is 4.50. The molecule has 0 saturated heterocycles. The molecule has 17 heavy (non-hydrogen) atoms. The van der Waals surface area contributed by atoms with Gasteiger partial charge in [0.05, 0.1) is 7.11 Å². The maximum Gasteiger partial charge on any atom is 0.313 e. The molecule has 3 nitrogen and oxygen atoms in total. The van der Waals surface area contributed by atoms with Crippen LogP contribution in [0.25, 0.3) is 0 Å². The lowest BCUT2D eigenvalue weighted by atomic mass is 9.89. The SMILES string of the molecule is COC(=O)CC(=O)c1ccc2c(c1)CCCC2. The first kappa shape index (κ1) is 11.8. The van der Waals surface area contributed by atoms with Crippen molar-refractivity contribution >= 4 is 11.8 Å². The van der Waals surface area contributed by atoms with Crippen molar-refractivity contribution in [1.29, 1.82) is 0 Å². The van der Waals surface area contributed by atoms with Crippen molar-refractivity contribution in [2.75, 3.05) is 7.11 Å². The van der Waals surface area contributed by atoms with Gasteiger partial charge in [-0.05, 0) is 42.9 Å². The molecule has 0 aliphatic heterocycles. The number of Topliss-reactive ketones (excluding diaryl/α,β-unsaturated/α-hetero) is 1. The number of aryl methyl sites for hydroxylation is 2. The minimum atomic E-state index is -0.479. The van der Waals surface area contributed by atoms with Gasteiger partial charge in [-0.1, -0.05) is 12.1 Å². The highest BCUT2D eigenvalue weighted by molar-refractivity contribution is 6.06. The van der Waals surface area contributed by atoms with Crippen molar-refractivity contribution in [1.82, 2.24) is 0 Å². The van der Waals surface area contributed by atoms with E-state index in [-0.39, 0.29) is 12.2 Å². The Labute approximate surface area is 101 Å². The molecule has 1 aromatic carbocycles. The predicted octanol–water partition coefficient (Wildman–Crippen LogP) is 2.31. The summed E-state index contributed by atoms with van der Waals surface area (Å²) in [5, 5.41) is 0. The standard InChI is InChI=1S/C14H16O3/c1-17-14(16)9-13(15)12-7-6-10-4-2-3-5-11(10)8-12/h6-8H,2-5,9H2,1H3. The molecule has 90 valence electrons. The number of rotatable bonds is 3. The molecular weight excluding hydrogens is 216 g/mol. The maximum atomic E-state index is 11.8. The highest BCUT2D eigenvalue weighted by Gasteiger charge is 2.15. The average molecular weight is 232 g/mol. The third-order valence-corrected chi connectivity index (χ3v) is 3.20. The fourth-order valence-corrected chi connectivity index (χ4v) is 2.21. The number of carbonyl (C=O) groups is 2. The van der Waals surface area contributed by atoms with Gasteiger partial charge in [0.1, 0.15) is 6.42 Å². The zero-order valence-electron chi connectivity index (χ0n) is 9.99. The molecule has 0 saturated carbocycles. The van der Waals surface area contributed by atoms with Crippen LogP contribution in [0.15, 0.2) is 18.2 Å². The maximum absolute atomic E-state index is 11.8. The molecular formula is C14H16O3. The number of carbonyl (C=O) groups excluding carboxylic acids is 2. The van der Waals surface area contributed by atoms with Gasteiger partial charge in [0.25, 0.3) is 0 Å². The van der Waals surface area contributed by atoms with Gasteiger partial charge in [-0.25, -0.2) is 0 Å². The van der Waals surface area contributed by atoms with E-state index in [4.69, 9.17) is 0 Å². The van der Waals surface area contributed by atoms with Crippen LogP contribution in [0.2, 0.25) is 0 Å². The summed E-state index contributed by atoms with van der Waals surface area (Å²) in [5.41, 5.74) is 3.22. The summed E-state index contributed by atoms with van der Waals surface area (Å²) in [4.78, 5) is 22.8. The number of fused-ring (bicyclic) bond motifs is 1. The van der Waals surface area contributed by atoms with Crippen LogP contribution in [0.1, 0.15) is 40.7 Å². The molecule has 0 aromatic heterocycles. The predicted molar refractivity (Wildman–Crippen MR) is 64.0 cm³/mol. The highest BCUT2D eigenvalue weighted by atomic mass is 16.5. The zero-order chi connectivity index (χ0) is 12.3. The molecule has 0 radical (unpaired) electrons. The van der Waals surface area contributed by atoms with Gasteiger partial charge in [-0.2, -0.15) is 0 Å². The number of ether oxygens (including phenoxy) is 1. The Kier molecular flexibility index (Phi) is 3.57. The fraction of sp³-hybridized carbons (Fsp3) is 0.429. The molecule has 0 spiro atoms. The third kappa shape index (κ3) is 2.73. The minimum Gasteiger partial charge on any atom is -0.469 e.